The molecule has 23 heavy (non-hydrogen) atoms. The summed E-state index contributed by atoms with van der Waals surface area (Å²) in [5.41, 5.74) is 1.22. The minimum Gasteiger partial charge on any atom is -0.381 e. The number of nitrogens with zero attached hydrogens (tertiary/aromatic N) is 2. The second-order valence-corrected chi connectivity index (χ2v) is 5.84. The van der Waals surface area contributed by atoms with Crippen molar-refractivity contribution >= 4 is 5.96 Å². The molecule has 1 aromatic rings. The van der Waals surface area contributed by atoms with Crippen LogP contribution < -0.4 is 10.6 Å². The SMILES string of the molecule is CCNC(=NCc1ccn(C)c1)NCCCOC1CCOCC1. The highest BCUT2D eigenvalue weighted by molar-refractivity contribution is 5.79. The lowest BCUT2D eigenvalue weighted by molar-refractivity contribution is -0.0320. The summed E-state index contributed by atoms with van der Waals surface area (Å²) in [6, 6.07) is 2.09. The van der Waals surface area contributed by atoms with Crippen molar-refractivity contribution in [3.8, 4) is 0 Å². The van der Waals surface area contributed by atoms with Gasteiger partial charge < -0.3 is 24.7 Å². The standard InChI is InChI=1S/C17H30N4O2/c1-3-18-17(20-13-15-5-9-21(2)14-15)19-8-4-10-23-16-6-11-22-12-7-16/h5,9,14,16H,3-4,6-8,10-13H2,1-2H3,(H2,18,19,20). The van der Waals surface area contributed by atoms with E-state index in [0.29, 0.717) is 12.6 Å². The molecule has 0 saturated carbocycles. The summed E-state index contributed by atoms with van der Waals surface area (Å²) in [7, 11) is 2.02. The van der Waals surface area contributed by atoms with Crippen LogP contribution in [0.3, 0.4) is 0 Å². The zero-order valence-electron chi connectivity index (χ0n) is 14.4. The Morgan fingerprint density at radius 2 is 2.22 bits per heavy atom. The van der Waals surface area contributed by atoms with Crippen LogP contribution in [0.4, 0.5) is 0 Å². The second kappa shape index (κ2) is 10.3. The Morgan fingerprint density at radius 3 is 2.91 bits per heavy atom. The first-order valence-corrected chi connectivity index (χ1v) is 8.60. The minimum atomic E-state index is 0.378. The van der Waals surface area contributed by atoms with Gasteiger partial charge in [0.05, 0.1) is 12.6 Å². The van der Waals surface area contributed by atoms with Gasteiger partial charge in [-0.05, 0) is 37.8 Å². The molecule has 0 atom stereocenters. The highest BCUT2D eigenvalue weighted by Crippen LogP contribution is 2.10. The lowest BCUT2D eigenvalue weighted by Gasteiger charge is -2.22. The van der Waals surface area contributed by atoms with Crippen LogP contribution in [0.2, 0.25) is 0 Å². The molecule has 2 N–H and O–H groups in total. The summed E-state index contributed by atoms with van der Waals surface area (Å²) in [6.45, 7) is 6.95. The van der Waals surface area contributed by atoms with E-state index < -0.39 is 0 Å². The van der Waals surface area contributed by atoms with Gasteiger partial charge >= 0.3 is 0 Å². The number of rotatable bonds is 8. The first-order chi connectivity index (χ1) is 11.3. The van der Waals surface area contributed by atoms with E-state index in [0.717, 1.165) is 58.1 Å². The van der Waals surface area contributed by atoms with Gasteiger partial charge in [-0.2, -0.15) is 0 Å². The van der Waals surface area contributed by atoms with Crippen LogP contribution in [-0.2, 0) is 23.1 Å². The van der Waals surface area contributed by atoms with E-state index in [1.807, 2.05) is 17.8 Å². The Hall–Kier alpha value is -1.53. The molecule has 2 heterocycles. The van der Waals surface area contributed by atoms with Gasteiger partial charge in [-0.1, -0.05) is 0 Å². The minimum absolute atomic E-state index is 0.378. The highest BCUT2D eigenvalue weighted by atomic mass is 16.5. The van der Waals surface area contributed by atoms with Crippen molar-refractivity contribution in [2.45, 2.75) is 38.8 Å². The third-order valence-electron chi connectivity index (χ3n) is 3.79. The van der Waals surface area contributed by atoms with Crippen LogP contribution in [0, 0.1) is 0 Å². The Bertz CT molecular complexity index is 467. The summed E-state index contributed by atoms with van der Waals surface area (Å²) >= 11 is 0. The van der Waals surface area contributed by atoms with E-state index in [4.69, 9.17) is 9.47 Å². The molecule has 6 heteroatoms. The smallest absolute Gasteiger partial charge is 0.191 e. The number of hydrogen-bond donors (Lipinski definition) is 2. The molecule has 2 rings (SSSR count). The molecular formula is C17H30N4O2. The van der Waals surface area contributed by atoms with Crippen molar-refractivity contribution in [1.82, 2.24) is 15.2 Å². The van der Waals surface area contributed by atoms with Gasteiger partial charge in [0, 0.05) is 52.4 Å². The predicted molar refractivity (Wildman–Crippen MR) is 92.6 cm³/mol. The third-order valence-corrected chi connectivity index (χ3v) is 3.79. The van der Waals surface area contributed by atoms with Gasteiger partial charge in [-0.15, -0.1) is 0 Å². The molecule has 0 bridgehead atoms. The van der Waals surface area contributed by atoms with Crippen molar-refractivity contribution in [2.24, 2.45) is 12.0 Å². The molecule has 0 aromatic carbocycles. The number of guanidine groups is 1. The van der Waals surface area contributed by atoms with Gasteiger partial charge in [-0.25, -0.2) is 4.99 Å². The summed E-state index contributed by atoms with van der Waals surface area (Å²) in [5, 5.41) is 6.64. The van der Waals surface area contributed by atoms with Gasteiger partial charge in [0.2, 0.25) is 0 Å². The molecule has 0 amide bonds. The fraction of sp³-hybridized carbons (Fsp3) is 0.706. The maximum atomic E-state index is 5.87. The predicted octanol–water partition coefficient (Wildman–Crippen LogP) is 1.67. The van der Waals surface area contributed by atoms with Crippen LogP contribution >= 0.6 is 0 Å². The molecule has 1 fully saturated rings. The van der Waals surface area contributed by atoms with Gasteiger partial charge in [0.15, 0.2) is 5.96 Å². The van der Waals surface area contributed by atoms with Gasteiger partial charge in [0.1, 0.15) is 0 Å². The summed E-state index contributed by atoms with van der Waals surface area (Å²) in [5.74, 6) is 0.863. The summed E-state index contributed by atoms with van der Waals surface area (Å²) in [4.78, 5) is 4.61. The molecule has 0 unspecified atom stereocenters. The topological polar surface area (TPSA) is 59.8 Å². The van der Waals surface area contributed by atoms with E-state index in [1.54, 1.807) is 0 Å². The second-order valence-electron chi connectivity index (χ2n) is 5.84. The first kappa shape index (κ1) is 17.8. The molecule has 6 nitrogen and oxygen atoms in total. The number of nitrogens with one attached hydrogen (secondary N) is 2. The molecule has 1 aromatic heterocycles. The van der Waals surface area contributed by atoms with Crippen molar-refractivity contribution in [2.75, 3.05) is 32.9 Å². The van der Waals surface area contributed by atoms with Crippen LogP contribution in [0.15, 0.2) is 23.5 Å². The number of ether oxygens (including phenoxy) is 2. The largest absolute Gasteiger partial charge is 0.381 e. The van der Waals surface area contributed by atoms with Crippen LogP contribution in [0.5, 0.6) is 0 Å². The molecule has 1 aliphatic heterocycles. The highest BCUT2D eigenvalue weighted by Gasteiger charge is 2.13. The van der Waals surface area contributed by atoms with Crippen LogP contribution in [-0.4, -0.2) is 49.5 Å². The molecule has 130 valence electrons. The summed E-state index contributed by atoms with van der Waals surface area (Å²) < 4.78 is 13.2. The zero-order chi connectivity index (χ0) is 16.3. The zero-order valence-corrected chi connectivity index (χ0v) is 14.4. The average Bonchev–Trinajstić information content (AvgIpc) is 2.98. The Labute approximate surface area is 139 Å². The monoisotopic (exact) mass is 322 g/mol. The van der Waals surface area contributed by atoms with Crippen molar-refractivity contribution in [1.29, 1.82) is 0 Å². The molecule has 0 radical (unpaired) electrons. The van der Waals surface area contributed by atoms with Gasteiger partial charge in [-0.3, -0.25) is 0 Å². The van der Waals surface area contributed by atoms with E-state index in [-0.39, 0.29) is 0 Å². The fourth-order valence-electron chi connectivity index (χ4n) is 2.54. The van der Waals surface area contributed by atoms with E-state index in [1.165, 1.54) is 5.56 Å². The molecule has 0 spiro atoms. The maximum absolute atomic E-state index is 5.87. The van der Waals surface area contributed by atoms with Crippen LogP contribution in [0.25, 0.3) is 0 Å². The Balaban J connectivity index is 1.63. The number of aromatic nitrogens is 1. The van der Waals surface area contributed by atoms with Crippen LogP contribution in [0.1, 0.15) is 31.7 Å². The third kappa shape index (κ3) is 7.05. The Kier molecular flexibility index (Phi) is 7.97. The lowest BCUT2D eigenvalue weighted by atomic mass is 10.1. The number of aryl methyl sites for hydroxylation is 1. The van der Waals surface area contributed by atoms with Crippen molar-refractivity contribution in [3.63, 3.8) is 0 Å². The van der Waals surface area contributed by atoms with Crippen molar-refractivity contribution in [3.05, 3.63) is 24.0 Å². The normalized spacial score (nSPS) is 16.5. The van der Waals surface area contributed by atoms with E-state index in [9.17, 15) is 0 Å². The molecule has 0 aliphatic carbocycles. The summed E-state index contributed by atoms with van der Waals surface area (Å²) in [6.07, 6.45) is 7.54. The quantitative estimate of drug-likeness (QED) is 0.434. The molecule has 1 aliphatic rings. The van der Waals surface area contributed by atoms with E-state index in [2.05, 4.69) is 34.8 Å². The fourth-order valence-corrected chi connectivity index (χ4v) is 2.54. The van der Waals surface area contributed by atoms with E-state index >= 15 is 0 Å². The first-order valence-electron chi connectivity index (χ1n) is 8.60. The van der Waals surface area contributed by atoms with Gasteiger partial charge in [0.25, 0.3) is 0 Å². The molecular weight excluding hydrogens is 292 g/mol. The average molecular weight is 322 g/mol. The Morgan fingerprint density at radius 1 is 1.39 bits per heavy atom. The number of aliphatic imine (C=N–C) groups is 1. The number of hydrogen-bond acceptors (Lipinski definition) is 3. The maximum Gasteiger partial charge on any atom is 0.191 e. The molecule has 1 saturated heterocycles. The lowest BCUT2D eigenvalue weighted by Crippen LogP contribution is -2.38. The van der Waals surface area contributed by atoms with Crippen molar-refractivity contribution < 1.29 is 9.47 Å².